The van der Waals surface area contributed by atoms with Crippen LogP contribution in [-0.4, -0.2) is 61.6 Å². The molecule has 8 heteroatoms. The number of aliphatic hydroxyl groups excluding tert-OH is 2. The van der Waals surface area contributed by atoms with Crippen molar-refractivity contribution in [3.05, 3.63) is 22.8 Å². The van der Waals surface area contributed by atoms with Gasteiger partial charge in [-0.3, -0.25) is 9.59 Å². The Kier molecular flexibility index (Phi) is 5.46. The highest BCUT2D eigenvalue weighted by molar-refractivity contribution is 6.00. The van der Waals surface area contributed by atoms with Crippen molar-refractivity contribution in [2.75, 3.05) is 6.54 Å². The maximum atomic E-state index is 13.1. The maximum Gasteiger partial charge on any atom is 0.303 e. The lowest BCUT2D eigenvalue weighted by Gasteiger charge is -2.64. The van der Waals surface area contributed by atoms with Crippen molar-refractivity contribution < 1.29 is 34.8 Å². The predicted molar refractivity (Wildman–Crippen MR) is 127 cm³/mol. The van der Waals surface area contributed by atoms with Crippen molar-refractivity contribution in [2.24, 2.45) is 22.7 Å². The lowest BCUT2D eigenvalue weighted by molar-refractivity contribution is -0.240. The van der Waals surface area contributed by atoms with Gasteiger partial charge in [0.2, 0.25) is 0 Å². The molecular formula is C27H37NO7. The van der Waals surface area contributed by atoms with E-state index in [1.807, 2.05) is 13.8 Å². The summed E-state index contributed by atoms with van der Waals surface area (Å²) in [7, 11) is 0. The summed E-state index contributed by atoms with van der Waals surface area (Å²) in [6, 6.07) is 1.53. The Labute approximate surface area is 205 Å². The first-order valence-corrected chi connectivity index (χ1v) is 12.8. The third kappa shape index (κ3) is 3.25. The second-order valence-electron chi connectivity index (χ2n) is 12.1. The molecule has 5 rings (SSSR count). The number of ether oxygens (including phenoxy) is 1. The molecule has 1 amide bonds. The molecule has 2 heterocycles. The molecule has 1 aromatic carbocycles. The number of benzene rings is 1. The molecule has 0 saturated heterocycles. The van der Waals surface area contributed by atoms with Gasteiger partial charge in [0.05, 0.1) is 24.3 Å². The van der Waals surface area contributed by atoms with E-state index >= 15 is 0 Å². The monoisotopic (exact) mass is 487 g/mol. The molecule has 2 fully saturated rings. The number of nitrogens with zero attached hydrogens (tertiary/aromatic N) is 1. The number of carbonyl (C=O) groups is 2. The van der Waals surface area contributed by atoms with E-state index in [2.05, 4.69) is 13.8 Å². The molecule has 0 aromatic heterocycles. The highest BCUT2D eigenvalue weighted by Gasteiger charge is 2.68. The Balaban J connectivity index is 1.53. The van der Waals surface area contributed by atoms with Gasteiger partial charge in [0, 0.05) is 35.9 Å². The molecule has 35 heavy (non-hydrogen) atoms. The molecule has 1 spiro atoms. The molecule has 2 aliphatic carbocycles. The van der Waals surface area contributed by atoms with Crippen LogP contribution in [-0.2, 0) is 17.8 Å². The fourth-order valence-electron chi connectivity index (χ4n) is 8.06. The first kappa shape index (κ1) is 24.4. The van der Waals surface area contributed by atoms with Crippen molar-refractivity contribution in [3.8, 4) is 11.5 Å². The summed E-state index contributed by atoms with van der Waals surface area (Å²) < 4.78 is 6.93. The summed E-state index contributed by atoms with van der Waals surface area (Å²) in [4.78, 5) is 25.6. The van der Waals surface area contributed by atoms with E-state index in [9.17, 15) is 24.9 Å². The van der Waals surface area contributed by atoms with Gasteiger partial charge in [-0.2, -0.15) is 0 Å². The fraction of sp³-hybridized carbons (Fsp3) is 0.704. The molecule has 6 atom stereocenters. The Morgan fingerprint density at radius 3 is 2.60 bits per heavy atom. The van der Waals surface area contributed by atoms with Gasteiger partial charge in [0.15, 0.2) is 0 Å². The third-order valence-electron chi connectivity index (χ3n) is 9.95. The van der Waals surface area contributed by atoms with Crippen LogP contribution < -0.4 is 4.74 Å². The molecule has 8 nitrogen and oxygen atoms in total. The zero-order valence-electron chi connectivity index (χ0n) is 21.0. The lowest BCUT2D eigenvalue weighted by Crippen LogP contribution is -2.69. The van der Waals surface area contributed by atoms with Crippen LogP contribution in [0.1, 0.15) is 81.3 Å². The van der Waals surface area contributed by atoms with E-state index in [0.717, 1.165) is 18.4 Å². The maximum absolute atomic E-state index is 13.1. The number of aliphatic carboxylic acids is 1. The van der Waals surface area contributed by atoms with Gasteiger partial charge in [-0.1, -0.05) is 27.7 Å². The number of hydrogen-bond acceptors (Lipinski definition) is 6. The van der Waals surface area contributed by atoms with Gasteiger partial charge >= 0.3 is 5.97 Å². The molecule has 1 aromatic rings. The molecule has 2 aliphatic heterocycles. The van der Waals surface area contributed by atoms with Crippen LogP contribution in [0.15, 0.2) is 6.07 Å². The van der Waals surface area contributed by atoms with Crippen LogP contribution in [0.5, 0.6) is 11.5 Å². The summed E-state index contributed by atoms with van der Waals surface area (Å²) in [6.45, 7) is 9.03. The SMILES string of the molecule is C[C@@H]1CC[C@@H]2C(C)(C)[C@H](O)[C@H](O)C[C@]2(C)[C@@]12Cc1c(O)cc3c(c1O2)CN(CCCC(=O)O)C3=O. The fourth-order valence-corrected chi connectivity index (χ4v) is 8.06. The Hall–Kier alpha value is -2.32. The van der Waals surface area contributed by atoms with Gasteiger partial charge < -0.3 is 30.1 Å². The van der Waals surface area contributed by atoms with E-state index in [4.69, 9.17) is 9.84 Å². The van der Waals surface area contributed by atoms with Gasteiger partial charge in [0.1, 0.15) is 17.1 Å². The average molecular weight is 488 g/mol. The summed E-state index contributed by atoms with van der Waals surface area (Å²) in [6.07, 6.45) is 1.39. The molecule has 2 saturated carbocycles. The van der Waals surface area contributed by atoms with Crippen molar-refractivity contribution >= 4 is 11.9 Å². The van der Waals surface area contributed by atoms with Crippen LogP contribution in [0.2, 0.25) is 0 Å². The summed E-state index contributed by atoms with van der Waals surface area (Å²) in [5, 5.41) is 41.7. The second-order valence-corrected chi connectivity index (χ2v) is 12.1. The smallest absolute Gasteiger partial charge is 0.303 e. The van der Waals surface area contributed by atoms with Gasteiger partial charge in [0.25, 0.3) is 5.91 Å². The molecule has 0 unspecified atom stereocenters. The van der Waals surface area contributed by atoms with Crippen LogP contribution in [0.25, 0.3) is 0 Å². The molecule has 4 aliphatic rings. The molecule has 0 bridgehead atoms. The second kappa shape index (κ2) is 7.84. The minimum atomic E-state index is -0.894. The number of carboxylic acid groups (broad SMARTS) is 1. The normalized spacial score (nSPS) is 37.1. The summed E-state index contributed by atoms with van der Waals surface area (Å²) >= 11 is 0. The summed E-state index contributed by atoms with van der Waals surface area (Å²) in [5.74, 6) is -0.233. The molecule has 192 valence electrons. The number of amides is 1. The number of carboxylic acids is 1. The van der Waals surface area contributed by atoms with Crippen molar-refractivity contribution in [1.82, 2.24) is 4.90 Å². The zero-order chi connectivity index (χ0) is 25.5. The standard InChI is InChI=1S/C27H37NO7/c1-14-7-8-20-25(2,3)23(33)19(30)12-26(20,4)27(14)11-16-18(29)10-15-17(22(16)35-27)13-28(24(15)34)9-5-6-21(31)32/h10,14,19-20,23,29-30,33H,5-9,11-13H2,1-4H3,(H,31,32)/t14-,19-,20-,23-,26+,27-/m1/s1. The Bertz CT molecular complexity index is 1080. The van der Waals surface area contributed by atoms with Gasteiger partial charge in [-0.05, 0) is 49.0 Å². The first-order valence-electron chi connectivity index (χ1n) is 12.8. The zero-order valence-corrected chi connectivity index (χ0v) is 21.0. The minimum Gasteiger partial charge on any atom is -0.508 e. The number of phenols is 1. The number of hydrogen-bond donors (Lipinski definition) is 4. The van der Waals surface area contributed by atoms with Crippen LogP contribution >= 0.6 is 0 Å². The van der Waals surface area contributed by atoms with E-state index in [-0.39, 0.29) is 29.9 Å². The topological polar surface area (TPSA) is 128 Å². The van der Waals surface area contributed by atoms with Crippen LogP contribution in [0, 0.1) is 22.7 Å². The van der Waals surface area contributed by atoms with Crippen LogP contribution in [0.4, 0.5) is 0 Å². The quantitative estimate of drug-likeness (QED) is 0.514. The van der Waals surface area contributed by atoms with E-state index in [1.54, 1.807) is 4.90 Å². The first-order chi connectivity index (χ1) is 16.3. The highest BCUT2D eigenvalue weighted by atomic mass is 16.5. The van der Waals surface area contributed by atoms with Gasteiger partial charge in [-0.15, -0.1) is 0 Å². The van der Waals surface area contributed by atoms with E-state index < -0.39 is 34.6 Å². The summed E-state index contributed by atoms with van der Waals surface area (Å²) in [5.41, 5.74) is 0.245. The largest absolute Gasteiger partial charge is 0.508 e. The molecule has 0 radical (unpaired) electrons. The van der Waals surface area contributed by atoms with Crippen molar-refractivity contribution in [1.29, 1.82) is 0 Å². The molecular weight excluding hydrogens is 450 g/mol. The van der Waals surface area contributed by atoms with Gasteiger partial charge in [-0.25, -0.2) is 0 Å². The lowest BCUT2D eigenvalue weighted by atomic mass is 9.43. The molecule has 4 N–H and O–H groups in total. The number of carbonyl (C=O) groups excluding carboxylic acids is 1. The number of aromatic hydroxyl groups is 1. The van der Waals surface area contributed by atoms with E-state index in [0.29, 0.717) is 49.2 Å². The minimum absolute atomic E-state index is 0.00961. The van der Waals surface area contributed by atoms with E-state index in [1.165, 1.54) is 6.07 Å². The Morgan fingerprint density at radius 1 is 1.20 bits per heavy atom. The number of fused-ring (bicyclic) bond motifs is 5. The van der Waals surface area contributed by atoms with Crippen molar-refractivity contribution in [3.63, 3.8) is 0 Å². The van der Waals surface area contributed by atoms with Crippen molar-refractivity contribution in [2.45, 2.75) is 90.6 Å². The number of phenolic OH excluding ortho intramolecular Hbond substituents is 1. The number of aliphatic hydroxyl groups is 2. The Morgan fingerprint density at radius 2 is 1.91 bits per heavy atom. The number of rotatable bonds is 4. The highest BCUT2D eigenvalue weighted by Crippen LogP contribution is 2.67. The third-order valence-corrected chi connectivity index (χ3v) is 9.95. The van der Waals surface area contributed by atoms with Crippen LogP contribution in [0.3, 0.4) is 0 Å². The average Bonchev–Trinajstić information content (AvgIpc) is 3.32. The predicted octanol–water partition coefficient (Wildman–Crippen LogP) is 3.09.